The standard InChI is InChI=1S/C7H15O3/c1-3-9-4-5-10-7(2)6-8/h6-8H,3-5H2,1-2H3. The summed E-state index contributed by atoms with van der Waals surface area (Å²) >= 11 is 0. The highest BCUT2D eigenvalue weighted by atomic mass is 16.5. The lowest BCUT2D eigenvalue weighted by molar-refractivity contribution is 0.0115. The lowest BCUT2D eigenvalue weighted by Crippen LogP contribution is -2.12. The Kier molecular flexibility index (Phi) is 6.91. The molecule has 0 aliphatic rings. The Hall–Kier alpha value is -0.120. The number of aliphatic hydroxyl groups excluding tert-OH is 1. The van der Waals surface area contributed by atoms with Crippen molar-refractivity contribution in [2.24, 2.45) is 0 Å². The minimum atomic E-state index is -0.194. The average molecular weight is 147 g/mol. The van der Waals surface area contributed by atoms with Crippen LogP contribution < -0.4 is 0 Å². The van der Waals surface area contributed by atoms with Crippen molar-refractivity contribution in [3.8, 4) is 0 Å². The molecule has 0 heterocycles. The summed E-state index contributed by atoms with van der Waals surface area (Å²) in [7, 11) is 0. The van der Waals surface area contributed by atoms with E-state index < -0.39 is 0 Å². The fourth-order valence-electron chi connectivity index (χ4n) is 0.480. The predicted molar refractivity (Wildman–Crippen MR) is 38.1 cm³/mol. The number of aliphatic hydroxyl groups is 1. The number of hydrogen-bond donors (Lipinski definition) is 1. The van der Waals surface area contributed by atoms with Gasteiger partial charge in [0, 0.05) is 6.61 Å². The molecule has 10 heavy (non-hydrogen) atoms. The molecular formula is C7H15O3. The van der Waals surface area contributed by atoms with Gasteiger partial charge in [0.15, 0.2) is 0 Å². The summed E-state index contributed by atoms with van der Waals surface area (Å²) in [6.07, 6.45) is -0.194. The maximum atomic E-state index is 8.40. The van der Waals surface area contributed by atoms with Crippen molar-refractivity contribution < 1.29 is 14.6 Å². The van der Waals surface area contributed by atoms with E-state index in [1.165, 1.54) is 0 Å². The van der Waals surface area contributed by atoms with E-state index in [-0.39, 0.29) is 6.10 Å². The topological polar surface area (TPSA) is 38.7 Å². The van der Waals surface area contributed by atoms with E-state index in [4.69, 9.17) is 14.6 Å². The normalized spacial score (nSPS) is 13.5. The van der Waals surface area contributed by atoms with Crippen LogP contribution >= 0.6 is 0 Å². The Morgan fingerprint density at radius 2 is 2.20 bits per heavy atom. The molecule has 0 amide bonds. The zero-order valence-electron chi connectivity index (χ0n) is 6.54. The molecule has 0 aromatic rings. The molecular weight excluding hydrogens is 132 g/mol. The Morgan fingerprint density at radius 1 is 1.50 bits per heavy atom. The van der Waals surface area contributed by atoms with Gasteiger partial charge in [-0.1, -0.05) is 0 Å². The van der Waals surface area contributed by atoms with Crippen LogP contribution in [0, 0.1) is 6.61 Å². The molecule has 1 atom stereocenters. The summed E-state index contributed by atoms with van der Waals surface area (Å²) in [5, 5.41) is 8.40. The van der Waals surface area contributed by atoms with Crippen LogP contribution in [0.1, 0.15) is 13.8 Å². The van der Waals surface area contributed by atoms with Crippen molar-refractivity contribution in [3.63, 3.8) is 0 Å². The molecule has 0 aliphatic heterocycles. The summed E-state index contributed by atoms with van der Waals surface area (Å²) in [4.78, 5) is 0. The molecule has 0 fully saturated rings. The van der Waals surface area contributed by atoms with Crippen molar-refractivity contribution in [1.82, 2.24) is 0 Å². The zero-order chi connectivity index (χ0) is 7.82. The van der Waals surface area contributed by atoms with E-state index in [2.05, 4.69) is 0 Å². The van der Waals surface area contributed by atoms with Crippen molar-refractivity contribution in [1.29, 1.82) is 0 Å². The molecule has 0 bridgehead atoms. The minimum Gasteiger partial charge on any atom is -0.388 e. The van der Waals surface area contributed by atoms with Crippen LogP contribution in [0.4, 0.5) is 0 Å². The van der Waals surface area contributed by atoms with Gasteiger partial charge in [0.25, 0.3) is 0 Å². The summed E-state index contributed by atoms with van der Waals surface area (Å²) in [5.74, 6) is 0. The molecule has 0 aromatic heterocycles. The second kappa shape index (κ2) is 6.99. The first-order valence-electron chi connectivity index (χ1n) is 3.48. The number of rotatable bonds is 6. The van der Waals surface area contributed by atoms with Crippen LogP contribution in [0.3, 0.4) is 0 Å². The van der Waals surface area contributed by atoms with Crippen molar-refractivity contribution in [2.75, 3.05) is 19.8 Å². The van der Waals surface area contributed by atoms with Gasteiger partial charge in [0.1, 0.15) is 6.61 Å². The molecule has 3 nitrogen and oxygen atoms in total. The highest BCUT2D eigenvalue weighted by Crippen LogP contribution is 1.91. The van der Waals surface area contributed by atoms with Gasteiger partial charge in [-0.3, -0.25) is 0 Å². The third kappa shape index (κ3) is 6.01. The van der Waals surface area contributed by atoms with Crippen LogP contribution in [0.25, 0.3) is 0 Å². The summed E-state index contributed by atoms with van der Waals surface area (Å²) in [5.41, 5.74) is 0. The first kappa shape index (κ1) is 9.88. The smallest absolute Gasteiger partial charge is 0.108 e. The minimum absolute atomic E-state index is 0.194. The molecule has 3 heteroatoms. The van der Waals surface area contributed by atoms with Gasteiger partial charge in [-0.05, 0) is 13.8 Å². The van der Waals surface area contributed by atoms with E-state index in [1.807, 2.05) is 6.92 Å². The number of hydrogen-bond acceptors (Lipinski definition) is 3. The maximum Gasteiger partial charge on any atom is 0.108 e. The molecule has 0 saturated heterocycles. The monoisotopic (exact) mass is 147 g/mol. The van der Waals surface area contributed by atoms with Gasteiger partial charge in [0.2, 0.25) is 0 Å². The molecule has 1 N–H and O–H groups in total. The van der Waals surface area contributed by atoms with Crippen LogP contribution in [0.15, 0.2) is 0 Å². The molecule has 1 unspecified atom stereocenters. The SMILES string of the molecule is CCOCCOC(C)[CH]O. The quantitative estimate of drug-likeness (QED) is 0.569. The van der Waals surface area contributed by atoms with Crippen molar-refractivity contribution >= 4 is 0 Å². The van der Waals surface area contributed by atoms with E-state index in [1.54, 1.807) is 6.92 Å². The van der Waals surface area contributed by atoms with E-state index in [9.17, 15) is 0 Å². The Balaban J connectivity index is 2.89. The maximum absolute atomic E-state index is 8.40. The molecule has 0 rings (SSSR count). The Bertz CT molecular complexity index is 65.9. The highest BCUT2D eigenvalue weighted by Gasteiger charge is 1.97. The van der Waals surface area contributed by atoms with E-state index in [0.29, 0.717) is 19.8 Å². The summed E-state index contributed by atoms with van der Waals surface area (Å²) in [6.45, 7) is 6.56. The average Bonchev–Trinajstić information content (AvgIpc) is 1.98. The first-order chi connectivity index (χ1) is 4.81. The van der Waals surface area contributed by atoms with Crippen LogP contribution in [0.2, 0.25) is 0 Å². The molecule has 0 spiro atoms. The third-order valence-corrected chi connectivity index (χ3v) is 1.02. The van der Waals surface area contributed by atoms with Gasteiger partial charge >= 0.3 is 0 Å². The van der Waals surface area contributed by atoms with Gasteiger partial charge in [-0.25, -0.2) is 0 Å². The van der Waals surface area contributed by atoms with Gasteiger partial charge in [-0.2, -0.15) is 0 Å². The second-order valence-electron chi connectivity index (χ2n) is 1.92. The van der Waals surface area contributed by atoms with Crippen LogP contribution in [-0.4, -0.2) is 31.0 Å². The highest BCUT2D eigenvalue weighted by molar-refractivity contribution is 4.56. The van der Waals surface area contributed by atoms with Gasteiger partial charge < -0.3 is 14.6 Å². The van der Waals surface area contributed by atoms with Gasteiger partial charge in [0.05, 0.1) is 19.3 Å². The van der Waals surface area contributed by atoms with Crippen LogP contribution in [0.5, 0.6) is 0 Å². The molecule has 0 aromatic carbocycles. The van der Waals surface area contributed by atoms with E-state index >= 15 is 0 Å². The molecule has 0 aliphatic carbocycles. The summed E-state index contributed by atoms with van der Waals surface area (Å²) < 4.78 is 10.1. The van der Waals surface area contributed by atoms with Crippen molar-refractivity contribution in [2.45, 2.75) is 20.0 Å². The second-order valence-corrected chi connectivity index (χ2v) is 1.92. The zero-order valence-corrected chi connectivity index (χ0v) is 6.54. The Morgan fingerprint density at radius 3 is 2.70 bits per heavy atom. The molecule has 0 saturated carbocycles. The summed E-state index contributed by atoms with van der Waals surface area (Å²) in [6, 6.07) is 0. The largest absolute Gasteiger partial charge is 0.388 e. The molecule has 61 valence electrons. The lowest BCUT2D eigenvalue weighted by Gasteiger charge is -2.08. The lowest BCUT2D eigenvalue weighted by atomic mass is 10.4. The van der Waals surface area contributed by atoms with Crippen LogP contribution in [-0.2, 0) is 9.47 Å². The Labute approximate surface area is 62.0 Å². The molecule has 1 radical (unpaired) electrons. The fraction of sp³-hybridized carbons (Fsp3) is 0.857. The third-order valence-electron chi connectivity index (χ3n) is 1.02. The van der Waals surface area contributed by atoms with Crippen molar-refractivity contribution in [3.05, 3.63) is 6.61 Å². The fourth-order valence-corrected chi connectivity index (χ4v) is 0.480. The predicted octanol–water partition coefficient (Wildman–Crippen LogP) is 0.962. The first-order valence-corrected chi connectivity index (χ1v) is 3.48. The number of ether oxygens (including phenoxy) is 2. The van der Waals surface area contributed by atoms with E-state index in [0.717, 1.165) is 6.61 Å². The van der Waals surface area contributed by atoms with Gasteiger partial charge in [-0.15, -0.1) is 0 Å².